The van der Waals surface area contributed by atoms with Gasteiger partial charge in [-0.15, -0.1) is 0 Å². The first-order chi connectivity index (χ1) is 7.66. The monoisotopic (exact) mass is 232 g/mol. The lowest BCUT2D eigenvalue weighted by Gasteiger charge is -2.17. The molecule has 4 heteroatoms. The first-order valence-corrected chi connectivity index (χ1v) is 6.15. The van der Waals surface area contributed by atoms with E-state index in [-0.39, 0.29) is 0 Å². The van der Waals surface area contributed by atoms with E-state index >= 15 is 0 Å². The summed E-state index contributed by atoms with van der Waals surface area (Å²) in [7, 11) is 3.84. The van der Waals surface area contributed by atoms with E-state index < -0.39 is 0 Å². The van der Waals surface area contributed by atoms with Crippen LogP contribution in [-0.4, -0.2) is 64.6 Å². The molecule has 0 radical (unpaired) electrons. The van der Waals surface area contributed by atoms with Crippen LogP contribution < -0.4 is 5.32 Å². The Morgan fingerprint density at radius 2 is 1.88 bits per heavy atom. The minimum atomic E-state index is 0.575. The van der Waals surface area contributed by atoms with E-state index in [0.29, 0.717) is 19.3 Å². The maximum absolute atomic E-state index is 5.40. The predicted molar refractivity (Wildman–Crippen MR) is 67.9 cm³/mol. The molecule has 0 heterocycles. The molecule has 0 aliphatic heterocycles. The van der Waals surface area contributed by atoms with Gasteiger partial charge in [0.1, 0.15) is 0 Å². The van der Waals surface area contributed by atoms with Crippen LogP contribution in [0.3, 0.4) is 0 Å². The lowest BCUT2D eigenvalue weighted by molar-refractivity contribution is 0.0663. The van der Waals surface area contributed by atoms with Crippen LogP contribution in [0.15, 0.2) is 0 Å². The molecule has 0 fully saturated rings. The number of methoxy groups -OCH3 is 1. The first-order valence-electron chi connectivity index (χ1n) is 6.15. The third-order valence-corrected chi connectivity index (χ3v) is 2.31. The van der Waals surface area contributed by atoms with Crippen LogP contribution in [0, 0.1) is 0 Å². The van der Waals surface area contributed by atoms with Gasteiger partial charge in [0.2, 0.25) is 0 Å². The van der Waals surface area contributed by atoms with E-state index in [1.165, 1.54) is 0 Å². The van der Waals surface area contributed by atoms with Gasteiger partial charge >= 0.3 is 0 Å². The van der Waals surface area contributed by atoms with Crippen molar-refractivity contribution in [2.75, 3.05) is 53.6 Å². The maximum Gasteiger partial charge on any atom is 0.0700 e. The normalized spacial score (nSPS) is 11.6. The lowest BCUT2D eigenvalue weighted by atomic mass is 10.3. The Morgan fingerprint density at radius 1 is 1.12 bits per heavy atom. The van der Waals surface area contributed by atoms with Gasteiger partial charge in [0.25, 0.3) is 0 Å². The molecular formula is C12H28N2O2. The molecule has 0 spiro atoms. The number of nitrogens with zero attached hydrogens (tertiary/aromatic N) is 1. The van der Waals surface area contributed by atoms with Gasteiger partial charge in [0.15, 0.2) is 0 Å². The molecule has 0 aliphatic carbocycles. The van der Waals surface area contributed by atoms with Gasteiger partial charge in [-0.1, -0.05) is 13.8 Å². The summed E-state index contributed by atoms with van der Waals surface area (Å²) in [4.78, 5) is 2.33. The van der Waals surface area contributed by atoms with Gasteiger partial charge < -0.3 is 19.7 Å². The van der Waals surface area contributed by atoms with Crippen molar-refractivity contribution < 1.29 is 9.47 Å². The molecule has 0 saturated carbocycles. The van der Waals surface area contributed by atoms with E-state index in [1.54, 1.807) is 7.11 Å². The lowest BCUT2D eigenvalue weighted by Crippen LogP contribution is -2.33. The van der Waals surface area contributed by atoms with Gasteiger partial charge in [0.05, 0.1) is 13.2 Å². The molecule has 0 unspecified atom stereocenters. The molecule has 0 rings (SSSR count). The molecular weight excluding hydrogens is 204 g/mol. The highest BCUT2D eigenvalue weighted by molar-refractivity contribution is 4.57. The van der Waals surface area contributed by atoms with Crippen LogP contribution in [0.5, 0.6) is 0 Å². The minimum absolute atomic E-state index is 0.575. The highest BCUT2D eigenvalue weighted by Gasteiger charge is 1.98. The zero-order valence-corrected chi connectivity index (χ0v) is 11.3. The summed E-state index contributed by atoms with van der Waals surface area (Å²) in [5.41, 5.74) is 0. The summed E-state index contributed by atoms with van der Waals surface area (Å²) in [5.74, 6) is 0. The van der Waals surface area contributed by atoms with E-state index in [2.05, 4.69) is 31.1 Å². The largest absolute Gasteiger partial charge is 0.382 e. The fourth-order valence-electron chi connectivity index (χ4n) is 1.34. The van der Waals surface area contributed by atoms with Crippen LogP contribution in [-0.2, 0) is 9.47 Å². The SMILES string of the molecule is COCCOCCCN(C)CCNC(C)C. The third kappa shape index (κ3) is 11.9. The molecule has 0 aliphatic rings. The third-order valence-electron chi connectivity index (χ3n) is 2.31. The summed E-state index contributed by atoms with van der Waals surface area (Å²) in [5, 5.41) is 3.41. The van der Waals surface area contributed by atoms with Crippen LogP contribution in [0.2, 0.25) is 0 Å². The Bertz CT molecular complexity index is 143. The molecule has 0 atom stereocenters. The molecule has 4 nitrogen and oxygen atoms in total. The second-order valence-corrected chi connectivity index (χ2v) is 4.37. The van der Waals surface area contributed by atoms with Crippen molar-refractivity contribution in [2.24, 2.45) is 0 Å². The van der Waals surface area contributed by atoms with E-state index in [4.69, 9.17) is 9.47 Å². The molecule has 0 saturated heterocycles. The maximum atomic E-state index is 5.40. The van der Waals surface area contributed by atoms with Gasteiger partial charge in [-0.25, -0.2) is 0 Å². The summed E-state index contributed by atoms with van der Waals surface area (Å²) in [6.07, 6.45) is 1.09. The summed E-state index contributed by atoms with van der Waals surface area (Å²) in [6.45, 7) is 9.80. The van der Waals surface area contributed by atoms with Gasteiger partial charge in [0, 0.05) is 39.4 Å². The Kier molecular flexibility index (Phi) is 11.2. The molecule has 16 heavy (non-hydrogen) atoms. The van der Waals surface area contributed by atoms with Crippen molar-refractivity contribution in [2.45, 2.75) is 26.3 Å². The predicted octanol–water partition coefficient (Wildman–Crippen LogP) is 0.969. The number of likely N-dealkylation sites (N-methyl/N-ethyl adjacent to an activating group) is 1. The smallest absolute Gasteiger partial charge is 0.0700 e. The summed E-state index contributed by atoms with van der Waals surface area (Å²) >= 11 is 0. The Balaban J connectivity index is 3.14. The van der Waals surface area contributed by atoms with Crippen LogP contribution >= 0.6 is 0 Å². The minimum Gasteiger partial charge on any atom is -0.382 e. The number of hydrogen-bond donors (Lipinski definition) is 1. The number of nitrogens with one attached hydrogen (secondary N) is 1. The molecule has 0 amide bonds. The average Bonchev–Trinajstić information content (AvgIpc) is 2.22. The number of ether oxygens (including phenoxy) is 2. The van der Waals surface area contributed by atoms with E-state index in [9.17, 15) is 0 Å². The van der Waals surface area contributed by atoms with Crippen LogP contribution in [0.25, 0.3) is 0 Å². The van der Waals surface area contributed by atoms with Crippen molar-refractivity contribution in [1.82, 2.24) is 10.2 Å². The average molecular weight is 232 g/mol. The number of rotatable bonds is 11. The van der Waals surface area contributed by atoms with Crippen molar-refractivity contribution >= 4 is 0 Å². The second kappa shape index (κ2) is 11.3. The van der Waals surface area contributed by atoms with Crippen molar-refractivity contribution in [3.63, 3.8) is 0 Å². The zero-order chi connectivity index (χ0) is 12.2. The van der Waals surface area contributed by atoms with Crippen molar-refractivity contribution in [1.29, 1.82) is 0 Å². The van der Waals surface area contributed by atoms with Crippen LogP contribution in [0.4, 0.5) is 0 Å². The van der Waals surface area contributed by atoms with Crippen LogP contribution in [0.1, 0.15) is 20.3 Å². The first kappa shape index (κ1) is 15.8. The van der Waals surface area contributed by atoms with Gasteiger partial charge in [-0.05, 0) is 13.5 Å². The highest BCUT2D eigenvalue weighted by Crippen LogP contribution is 1.89. The summed E-state index contributed by atoms with van der Waals surface area (Å²) in [6, 6.07) is 0.575. The fourth-order valence-corrected chi connectivity index (χ4v) is 1.34. The van der Waals surface area contributed by atoms with Crippen molar-refractivity contribution in [3.8, 4) is 0 Å². The Morgan fingerprint density at radius 3 is 2.50 bits per heavy atom. The quantitative estimate of drug-likeness (QED) is 0.538. The molecule has 1 N–H and O–H groups in total. The molecule has 0 bridgehead atoms. The van der Waals surface area contributed by atoms with Gasteiger partial charge in [-0.2, -0.15) is 0 Å². The Labute approximate surface area is 100 Å². The molecule has 0 aromatic carbocycles. The molecule has 0 aromatic rings. The molecule has 98 valence electrons. The topological polar surface area (TPSA) is 33.7 Å². The van der Waals surface area contributed by atoms with Crippen molar-refractivity contribution in [3.05, 3.63) is 0 Å². The second-order valence-electron chi connectivity index (χ2n) is 4.37. The Hall–Kier alpha value is -0.160. The van der Waals surface area contributed by atoms with Gasteiger partial charge in [-0.3, -0.25) is 0 Å². The summed E-state index contributed by atoms with van der Waals surface area (Å²) < 4.78 is 10.3. The zero-order valence-electron chi connectivity index (χ0n) is 11.3. The van der Waals surface area contributed by atoms with E-state index in [1.807, 2.05) is 0 Å². The fraction of sp³-hybridized carbons (Fsp3) is 1.00. The molecule has 0 aromatic heterocycles. The standard InChI is InChI=1S/C12H28N2O2/c1-12(2)13-6-8-14(3)7-5-9-16-11-10-15-4/h12-13H,5-11H2,1-4H3. The van der Waals surface area contributed by atoms with E-state index in [0.717, 1.165) is 32.7 Å². The number of hydrogen-bond acceptors (Lipinski definition) is 4. The highest BCUT2D eigenvalue weighted by atomic mass is 16.5.